The molecule has 0 saturated heterocycles. The topological polar surface area (TPSA) is 68.3 Å². The van der Waals surface area contributed by atoms with Crippen molar-refractivity contribution in [1.82, 2.24) is 4.98 Å². The minimum atomic E-state index is -0.423. The van der Waals surface area contributed by atoms with E-state index < -0.39 is 5.97 Å². The normalized spacial score (nSPS) is 14.6. The third-order valence-electron chi connectivity index (χ3n) is 7.24. The number of benzene rings is 3. The monoisotopic (exact) mass is 596 g/mol. The molecule has 0 aliphatic heterocycles. The summed E-state index contributed by atoms with van der Waals surface area (Å²) in [5.41, 5.74) is 5.59. The Morgan fingerprint density at radius 1 is 1.00 bits per heavy atom. The number of thiophene rings is 1. The molecule has 0 unspecified atom stereocenters. The third kappa shape index (κ3) is 5.00. The van der Waals surface area contributed by atoms with Gasteiger partial charge in [-0.25, -0.2) is 9.78 Å². The maximum absolute atomic E-state index is 13.9. The van der Waals surface area contributed by atoms with Crippen molar-refractivity contribution in [3.63, 3.8) is 0 Å². The average molecular weight is 598 g/mol. The first-order valence-electron chi connectivity index (χ1n) is 12.8. The third-order valence-corrected chi connectivity index (χ3v) is 8.90. The van der Waals surface area contributed by atoms with Gasteiger partial charge in [-0.15, -0.1) is 11.3 Å². The average Bonchev–Trinajstić information content (AvgIpc) is 3.34. The lowest BCUT2D eigenvalue weighted by atomic mass is 9.83. The Bertz CT molecular complexity index is 1700. The van der Waals surface area contributed by atoms with E-state index in [-0.39, 0.29) is 5.91 Å². The summed E-state index contributed by atoms with van der Waals surface area (Å²) >= 11 is 5.01. The number of methoxy groups -OCH3 is 1. The quantitative estimate of drug-likeness (QED) is 0.208. The highest BCUT2D eigenvalue weighted by atomic mass is 79.9. The largest absolute Gasteiger partial charge is 0.465 e. The van der Waals surface area contributed by atoms with Gasteiger partial charge in [-0.3, -0.25) is 4.79 Å². The molecule has 0 fully saturated rings. The Balaban J connectivity index is 1.40. The molecule has 39 heavy (non-hydrogen) atoms. The minimum Gasteiger partial charge on any atom is -0.465 e. The number of hydrogen-bond donors (Lipinski definition) is 1. The summed E-state index contributed by atoms with van der Waals surface area (Å²) in [5, 5.41) is 4.34. The fourth-order valence-electron chi connectivity index (χ4n) is 5.31. The number of aromatic nitrogens is 1. The van der Waals surface area contributed by atoms with Crippen LogP contribution in [0.3, 0.4) is 0 Å². The van der Waals surface area contributed by atoms with Gasteiger partial charge in [0, 0.05) is 20.3 Å². The fourth-order valence-corrected chi connectivity index (χ4v) is 6.99. The molecule has 1 aliphatic rings. The predicted octanol–water partition coefficient (Wildman–Crippen LogP) is 8.04. The second-order valence-corrected chi connectivity index (χ2v) is 11.6. The number of nitrogens with one attached hydrogen (secondary N) is 1. The van der Waals surface area contributed by atoms with Gasteiger partial charge >= 0.3 is 5.97 Å². The van der Waals surface area contributed by atoms with Crippen molar-refractivity contribution in [1.29, 1.82) is 0 Å². The number of ether oxygens (including phenoxy) is 1. The maximum Gasteiger partial charge on any atom is 0.341 e. The molecule has 1 atom stereocenters. The summed E-state index contributed by atoms with van der Waals surface area (Å²) in [6.07, 6.45) is 2.52. The maximum atomic E-state index is 13.9. The number of amides is 1. The van der Waals surface area contributed by atoms with Crippen molar-refractivity contribution in [2.75, 3.05) is 12.4 Å². The Labute approximate surface area is 239 Å². The first-order chi connectivity index (χ1) is 19.0. The Hall–Kier alpha value is -3.81. The smallest absolute Gasteiger partial charge is 0.341 e. The molecule has 0 spiro atoms. The minimum absolute atomic E-state index is 0.291. The fraction of sp³-hybridized carbons (Fsp3) is 0.156. The van der Waals surface area contributed by atoms with Crippen LogP contribution >= 0.6 is 27.3 Å². The van der Waals surface area contributed by atoms with E-state index >= 15 is 0 Å². The van der Waals surface area contributed by atoms with Gasteiger partial charge < -0.3 is 10.1 Å². The first kappa shape index (κ1) is 25.5. The van der Waals surface area contributed by atoms with Crippen LogP contribution in [0.5, 0.6) is 0 Å². The van der Waals surface area contributed by atoms with E-state index in [4.69, 9.17) is 9.72 Å². The molecule has 0 bridgehead atoms. The summed E-state index contributed by atoms with van der Waals surface area (Å²) in [7, 11) is 1.38. The van der Waals surface area contributed by atoms with E-state index in [9.17, 15) is 9.59 Å². The molecule has 5 nitrogen and oxygen atoms in total. The number of hydrogen-bond acceptors (Lipinski definition) is 5. The van der Waals surface area contributed by atoms with E-state index in [2.05, 4.69) is 45.5 Å². The summed E-state index contributed by atoms with van der Waals surface area (Å²) < 4.78 is 6.02. The SMILES string of the molecule is COC(=O)c1c(NC(=O)c2cc(-c3ccccc3)nc3ccc(Br)cc23)sc2c1CC[C@H](c1ccccc1)C2. The zero-order valence-electron chi connectivity index (χ0n) is 21.2. The van der Waals surface area contributed by atoms with Crippen LogP contribution in [0.4, 0.5) is 5.00 Å². The van der Waals surface area contributed by atoms with Gasteiger partial charge in [0.2, 0.25) is 0 Å². The molecule has 1 aliphatic carbocycles. The number of halogens is 1. The van der Waals surface area contributed by atoms with Gasteiger partial charge in [-0.1, -0.05) is 76.6 Å². The highest BCUT2D eigenvalue weighted by Crippen LogP contribution is 2.43. The zero-order chi connectivity index (χ0) is 26.9. The second-order valence-electron chi connectivity index (χ2n) is 9.59. The molecule has 3 aromatic carbocycles. The van der Waals surface area contributed by atoms with Crippen LogP contribution in [0.25, 0.3) is 22.2 Å². The van der Waals surface area contributed by atoms with Gasteiger partial charge in [0.1, 0.15) is 5.00 Å². The molecule has 0 saturated carbocycles. The first-order valence-corrected chi connectivity index (χ1v) is 14.4. The van der Waals surface area contributed by atoms with Crippen LogP contribution in [0, 0.1) is 0 Å². The summed E-state index contributed by atoms with van der Waals surface area (Å²) in [4.78, 5) is 32.8. The van der Waals surface area contributed by atoms with E-state index in [1.54, 1.807) is 0 Å². The molecule has 5 aromatic rings. The van der Waals surface area contributed by atoms with E-state index in [1.165, 1.54) is 24.0 Å². The predicted molar refractivity (Wildman–Crippen MR) is 160 cm³/mol. The lowest BCUT2D eigenvalue weighted by Gasteiger charge is -2.22. The molecule has 2 heterocycles. The van der Waals surface area contributed by atoms with Crippen molar-refractivity contribution in [3.05, 3.63) is 117 Å². The van der Waals surface area contributed by atoms with Crippen LogP contribution in [0.15, 0.2) is 89.4 Å². The van der Waals surface area contributed by atoms with Gasteiger partial charge in [0.15, 0.2) is 0 Å². The molecule has 194 valence electrons. The summed E-state index contributed by atoms with van der Waals surface area (Å²) in [5.74, 6) is -0.337. The number of fused-ring (bicyclic) bond motifs is 2. The molecule has 1 amide bonds. The molecule has 1 N–H and O–H groups in total. The lowest BCUT2D eigenvalue weighted by Crippen LogP contribution is -2.16. The van der Waals surface area contributed by atoms with Crippen LogP contribution in [0.2, 0.25) is 0 Å². The van der Waals surface area contributed by atoms with Crippen LogP contribution in [-0.4, -0.2) is 24.0 Å². The second kappa shape index (κ2) is 10.8. The Kier molecular flexibility index (Phi) is 7.02. The number of nitrogens with zero attached hydrogens (tertiary/aromatic N) is 1. The Morgan fingerprint density at radius 2 is 1.74 bits per heavy atom. The number of anilines is 1. The molecule has 6 rings (SSSR count). The molecule has 7 heteroatoms. The zero-order valence-corrected chi connectivity index (χ0v) is 23.6. The van der Waals surface area contributed by atoms with E-state index in [1.807, 2.05) is 60.7 Å². The van der Waals surface area contributed by atoms with Gasteiger partial charge in [0.05, 0.1) is 29.4 Å². The van der Waals surface area contributed by atoms with Crippen molar-refractivity contribution in [2.24, 2.45) is 0 Å². The number of carbonyl (C=O) groups is 2. The highest BCUT2D eigenvalue weighted by molar-refractivity contribution is 9.10. The van der Waals surface area contributed by atoms with Crippen LogP contribution in [-0.2, 0) is 17.6 Å². The number of rotatable bonds is 5. The van der Waals surface area contributed by atoms with Crippen LogP contribution < -0.4 is 5.32 Å². The molecular formula is C32H25BrN2O3S. The number of pyridine rings is 1. The van der Waals surface area contributed by atoms with Gasteiger partial charge in [-0.05, 0) is 60.6 Å². The van der Waals surface area contributed by atoms with Crippen molar-refractivity contribution in [2.45, 2.75) is 25.2 Å². The highest BCUT2D eigenvalue weighted by Gasteiger charge is 2.31. The lowest BCUT2D eigenvalue weighted by molar-refractivity contribution is 0.0601. The Morgan fingerprint density at radius 3 is 2.49 bits per heavy atom. The summed E-state index contributed by atoms with van der Waals surface area (Å²) in [6.45, 7) is 0. The molecule has 0 radical (unpaired) electrons. The van der Waals surface area contributed by atoms with E-state index in [0.29, 0.717) is 33.3 Å². The van der Waals surface area contributed by atoms with Gasteiger partial charge in [0.25, 0.3) is 5.91 Å². The van der Waals surface area contributed by atoms with Gasteiger partial charge in [-0.2, -0.15) is 0 Å². The summed E-state index contributed by atoms with van der Waals surface area (Å²) in [6, 6.07) is 27.8. The van der Waals surface area contributed by atoms with Crippen molar-refractivity contribution < 1.29 is 14.3 Å². The van der Waals surface area contributed by atoms with Crippen molar-refractivity contribution >= 4 is 55.0 Å². The molecule has 2 aromatic heterocycles. The number of carbonyl (C=O) groups excluding carboxylic acids is 2. The standard InChI is InChI=1S/C32H25BrN2O3S/c1-38-32(37)29-23-14-12-21(19-8-4-2-5-9-19)16-28(23)39-31(29)35-30(36)25-18-27(20-10-6-3-7-11-20)34-26-15-13-22(33)17-24(25)26/h2-11,13,15,17-18,21H,12,14,16H2,1H3,(H,35,36)/t21-/m0/s1. The number of esters is 1. The van der Waals surface area contributed by atoms with Crippen LogP contribution in [0.1, 0.15) is 49.1 Å². The van der Waals surface area contributed by atoms with E-state index in [0.717, 1.165) is 45.1 Å². The van der Waals surface area contributed by atoms with Crippen molar-refractivity contribution in [3.8, 4) is 11.3 Å². The molecular weight excluding hydrogens is 572 g/mol.